The molecule has 0 fully saturated rings. The van der Waals surface area contributed by atoms with Gasteiger partial charge in [-0.2, -0.15) is 0 Å². The van der Waals surface area contributed by atoms with Gasteiger partial charge in [0.05, 0.1) is 19.6 Å². The van der Waals surface area contributed by atoms with Gasteiger partial charge in [-0.3, -0.25) is 29.0 Å². The van der Waals surface area contributed by atoms with Gasteiger partial charge in [0.15, 0.2) is 5.96 Å². The summed E-state index contributed by atoms with van der Waals surface area (Å²) in [7, 11) is 0. The van der Waals surface area contributed by atoms with Crippen molar-refractivity contribution in [1.29, 1.82) is 0 Å². The molecular formula is C35H65N7O9. The highest BCUT2D eigenvalue weighted by Gasteiger charge is 2.29. The number of hydrogen-bond donors (Lipinski definition) is 9. The van der Waals surface area contributed by atoms with Crippen LogP contribution in [0.2, 0.25) is 0 Å². The first-order valence-corrected chi connectivity index (χ1v) is 18.2. The Morgan fingerprint density at radius 2 is 1.14 bits per heavy atom. The van der Waals surface area contributed by atoms with Crippen LogP contribution in [0.4, 0.5) is 0 Å². The normalized spacial score (nSPS) is 14.6. The number of carbonyl (C=O) groups excluding carboxylic acids is 4. The van der Waals surface area contributed by atoms with E-state index >= 15 is 0 Å². The molecule has 0 heterocycles. The van der Waals surface area contributed by atoms with Crippen molar-refractivity contribution in [3.8, 4) is 0 Å². The maximum atomic E-state index is 13.1. The number of carboxylic acids is 2. The van der Waals surface area contributed by atoms with Gasteiger partial charge in [-0.25, -0.2) is 4.79 Å². The van der Waals surface area contributed by atoms with E-state index in [-0.39, 0.29) is 37.2 Å². The smallest absolute Gasteiger partial charge is 0.328 e. The van der Waals surface area contributed by atoms with Crippen LogP contribution >= 0.6 is 0 Å². The molecule has 0 saturated carbocycles. The van der Waals surface area contributed by atoms with E-state index in [1.54, 1.807) is 0 Å². The molecule has 0 aliphatic heterocycles. The minimum atomic E-state index is -1.71. The molecule has 0 aromatic rings. The summed E-state index contributed by atoms with van der Waals surface area (Å²) < 4.78 is 0. The van der Waals surface area contributed by atoms with Crippen LogP contribution in [0, 0.1) is 23.7 Å². The van der Waals surface area contributed by atoms with Crippen molar-refractivity contribution in [1.82, 2.24) is 21.3 Å². The Morgan fingerprint density at radius 3 is 1.63 bits per heavy atom. The van der Waals surface area contributed by atoms with E-state index in [2.05, 4.69) is 48.6 Å². The predicted octanol–water partition coefficient (Wildman–Crippen LogP) is 1.63. The molecule has 0 aliphatic carbocycles. The maximum Gasteiger partial charge on any atom is 0.328 e. The molecule has 0 radical (unpaired) electrons. The molecule has 0 saturated heterocycles. The van der Waals surface area contributed by atoms with E-state index in [9.17, 15) is 28.8 Å². The van der Waals surface area contributed by atoms with Gasteiger partial charge in [0.1, 0.15) is 18.1 Å². The van der Waals surface area contributed by atoms with Crippen molar-refractivity contribution in [2.24, 2.45) is 40.1 Å². The van der Waals surface area contributed by atoms with Crippen LogP contribution in [0.25, 0.3) is 0 Å². The zero-order chi connectivity index (χ0) is 38.9. The summed E-state index contributed by atoms with van der Waals surface area (Å²) in [6, 6.07) is -4.43. The molecule has 6 atom stereocenters. The minimum absolute atomic E-state index is 0.0816. The molecule has 0 aromatic carbocycles. The number of nitrogens with one attached hydrogen (secondary N) is 4. The fourth-order valence-corrected chi connectivity index (χ4v) is 5.61. The third-order valence-corrected chi connectivity index (χ3v) is 8.65. The summed E-state index contributed by atoms with van der Waals surface area (Å²) >= 11 is 0. The molecule has 0 rings (SSSR count). The lowest BCUT2D eigenvalue weighted by molar-refractivity contribution is -0.144. The molecule has 51 heavy (non-hydrogen) atoms. The van der Waals surface area contributed by atoms with Gasteiger partial charge in [0.2, 0.25) is 23.6 Å². The Morgan fingerprint density at radius 1 is 0.608 bits per heavy atom. The van der Waals surface area contributed by atoms with Gasteiger partial charge >= 0.3 is 11.9 Å². The first kappa shape index (κ1) is 47.0. The van der Waals surface area contributed by atoms with Gasteiger partial charge in [0.25, 0.3) is 0 Å². The monoisotopic (exact) mass is 727 g/mol. The quantitative estimate of drug-likeness (QED) is 0.0303. The highest BCUT2D eigenvalue weighted by Crippen LogP contribution is 2.22. The number of aliphatic carboxylic acids is 2. The predicted molar refractivity (Wildman–Crippen MR) is 194 cm³/mol. The first-order valence-electron chi connectivity index (χ1n) is 18.2. The number of amides is 4. The van der Waals surface area contributed by atoms with Gasteiger partial charge in [-0.15, -0.1) is 0 Å². The number of nitrogens with zero attached hydrogens (tertiary/aromatic N) is 1. The van der Waals surface area contributed by atoms with Crippen molar-refractivity contribution in [2.75, 3.05) is 19.7 Å². The lowest BCUT2D eigenvalue weighted by atomic mass is 9.90. The molecule has 4 amide bonds. The Kier molecular flexibility index (Phi) is 24.7. The Hall–Kier alpha value is -3.95. The zero-order valence-electron chi connectivity index (χ0n) is 31.2. The summed E-state index contributed by atoms with van der Waals surface area (Å²) in [6.07, 6.45) is 10.3. The van der Waals surface area contributed by atoms with Gasteiger partial charge < -0.3 is 48.1 Å². The molecule has 0 aromatic heterocycles. The van der Waals surface area contributed by atoms with Crippen LogP contribution in [0.5, 0.6) is 0 Å². The first-order chi connectivity index (χ1) is 23.9. The number of carboxylic acid groups (broad SMARTS) is 2. The number of nitrogens with two attached hydrogens (primary N) is 2. The van der Waals surface area contributed by atoms with E-state index < -0.39 is 67.4 Å². The highest BCUT2D eigenvalue weighted by molar-refractivity contribution is 5.95. The van der Waals surface area contributed by atoms with Crippen molar-refractivity contribution in [2.45, 2.75) is 136 Å². The summed E-state index contributed by atoms with van der Waals surface area (Å²) in [5.74, 6) is -4.05. The molecule has 0 bridgehead atoms. The van der Waals surface area contributed by atoms with E-state index in [0.717, 1.165) is 31.1 Å². The highest BCUT2D eigenvalue weighted by atomic mass is 16.4. The number of aliphatic imine (C=N–C) groups is 1. The molecule has 11 N–H and O–H groups in total. The molecule has 294 valence electrons. The van der Waals surface area contributed by atoms with Crippen LogP contribution in [0.1, 0.15) is 118 Å². The molecule has 0 spiro atoms. The second-order valence-electron chi connectivity index (χ2n) is 14.3. The van der Waals surface area contributed by atoms with Crippen LogP contribution in [0.15, 0.2) is 4.99 Å². The largest absolute Gasteiger partial charge is 0.481 e. The summed E-state index contributed by atoms with van der Waals surface area (Å²) in [6.45, 7) is 9.71. The van der Waals surface area contributed by atoms with E-state index in [4.69, 9.17) is 26.8 Å². The zero-order valence-corrected chi connectivity index (χ0v) is 31.2. The SMILES string of the molecule is CC(C)CCCC(C)CCCC(C)CCCC(C)CC(=O)N[C@@H](CCCN=C(N)N)C(=O)NCC(=O)N[C@@H](CC(=O)O)C(=O)N[C@@H](CO)C(=O)O. The van der Waals surface area contributed by atoms with Crippen molar-refractivity contribution in [3.63, 3.8) is 0 Å². The molecule has 3 unspecified atom stereocenters. The number of aliphatic hydroxyl groups excluding tert-OH is 1. The summed E-state index contributed by atoms with van der Waals surface area (Å²) in [5, 5.41) is 36.5. The average Bonchev–Trinajstić information content (AvgIpc) is 3.02. The van der Waals surface area contributed by atoms with Gasteiger partial charge in [-0.1, -0.05) is 92.4 Å². The number of carbonyl (C=O) groups is 6. The molecule has 16 nitrogen and oxygen atoms in total. The number of guanidine groups is 1. The Bertz CT molecular complexity index is 1120. The van der Waals surface area contributed by atoms with Crippen LogP contribution in [-0.2, 0) is 28.8 Å². The van der Waals surface area contributed by atoms with E-state index in [0.29, 0.717) is 12.3 Å². The number of aliphatic hydroxyl groups is 1. The topological polar surface area (TPSA) is 276 Å². The van der Waals surface area contributed by atoms with Crippen LogP contribution in [0.3, 0.4) is 0 Å². The van der Waals surface area contributed by atoms with Gasteiger partial charge in [-0.05, 0) is 36.5 Å². The second kappa shape index (κ2) is 26.8. The van der Waals surface area contributed by atoms with Crippen LogP contribution < -0.4 is 32.7 Å². The average molecular weight is 728 g/mol. The Balaban J connectivity index is 4.99. The van der Waals surface area contributed by atoms with Crippen LogP contribution in [-0.4, -0.2) is 94.7 Å². The summed E-state index contributed by atoms with van der Waals surface area (Å²) in [4.78, 5) is 77.2. The fraction of sp³-hybridized carbons (Fsp3) is 0.800. The van der Waals surface area contributed by atoms with Crippen molar-refractivity contribution in [3.05, 3.63) is 0 Å². The molecular weight excluding hydrogens is 662 g/mol. The summed E-state index contributed by atoms with van der Waals surface area (Å²) in [5.41, 5.74) is 10.7. The fourth-order valence-electron chi connectivity index (χ4n) is 5.61. The van der Waals surface area contributed by atoms with E-state index in [1.165, 1.54) is 38.5 Å². The maximum absolute atomic E-state index is 13.1. The Labute approximate surface area is 302 Å². The molecule has 16 heteroatoms. The van der Waals surface area contributed by atoms with Gasteiger partial charge in [0, 0.05) is 13.0 Å². The van der Waals surface area contributed by atoms with Crippen molar-refractivity contribution >= 4 is 41.5 Å². The lowest BCUT2D eigenvalue weighted by Gasteiger charge is -2.21. The molecule has 0 aliphatic rings. The standard InChI is InChI=1S/C35H65N7O9/c1-22(2)10-6-11-23(3)12-7-13-24(4)14-8-15-25(5)18-29(44)40-26(16-9-17-38-35(36)37)32(48)39-20-30(45)41-27(19-31(46)47)33(49)42-28(21-43)34(50)51/h22-28,43H,6-21H2,1-5H3,(H,39,48)(H,40,44)(H,41,45)(H,42,49)(H,46,47)(H,50,51)(H4,36,37,38)/t23?,24?,25?,26-,27-,28-/m0/s1. The third kappa shape index (κ3) is 24.8. The number of hydrogen-bond acceptors (Lipinski definition) is 8. The van der Waals surface area contributed by atoms with E-state index in [1.807, 2.05) is 12.2 Å². The minimum Gasteiger partial charge on any atom is -0.481 e. The third-order valence-electron chi connectivity index (χ3n) is 8.65. The second-order valence-corrected chi connectivity index (χ2v) is 14.3. The number of rotatable bonds is 29. The van der Waals surface area contributed by atoms with Crippen molar-refractivity contribution < 1.29 is 44.1 Å². The lowest BCUT2D eigenvalue weighted by Crippen LogP contribution is -2.55.